The summed E-state index contributed by atoms with van der Waals surface area (Å²) in [7, 11) is 0. The molecule has 0 aliphatic carbocycles. The van der Waals surface area contributed by atoms with Crippen LogP contribution in [0.1, 0.15) is 12.8 Å². The molecule has 0 saturated heterocycles. The number of anilines is 2. The molecule has 6 nitrogen and oxygen atoms in total. The van der Waals surface area contributed by atoms with E-state index in [1.807, 2.05) is 6.07 Å². The lowest BCUT2D eigenvalue weighted by Gasteiger charge is -2.10. The molecule has 0 bridgehead atoms. The van der Waals surface area contributed by atoms with Crippen molar-refractivity contribution in [3.8, 4) is 11.5 Å². The van der Waals surface area contributed by atoms with Gasteiger partial charge in [-0.25, -0.2) is 4.79 Å². The fourth-order valence-electron chi connectivity index (χ4n) is 2.41. The molecule has 0 unspecified atom stereocenters. The predicted octanol–water partition coefficient (Wildman–Crippen LogP) is 3.20. The highest BCUT2D eigenvalue weighted by molar-refractivity contribution is 5.77. The number of ether oxygens (including phenoxy) is 2. The van der Waals surface area contributed by atoms with Gasteiger partial charge >= 0.3 is 5.63 Å². The third-order valence-corrected chi connectivity index (χ3v) is 3.69. The summed E-state index contributed by atoms with van der Waals surface area (Å²) in [6.45, 7) is 1.13. The second-order valence-electron chi connectivity index (χ2n) is 5.66. The molecule has 0 radical (unpaired) electrons. The molecule has 4 N–H and O–H groups in total. The van der Waals surface area contributed by atoms with Crippen LogP contribution in [0, 0.1) is 0 Å². The van der Waals surface area contributed by atoms with Crippen molar-refractivity contribution in [3.05, 3.63) is 59.0 Å². The van der Waals surface area contributed by atoms with Crippen molar-refractivity contribution in [3.63, 3.8) is 0 Å². The maximum atomic E-state index is 11.2. The Morgan fingerprint density at radius 3 is 2.48 bits per heavy atom. The molecule has 0 aliphatic rings. The average Bonchev–Trinajstić information content (AvgIpc) is 2.59. The molecule has 0 aliphatic heterocycles. The van der Waals surface area contributed by atoms with Crippen LogP contribution >= 0.6 is 0 Å². The molecule has 0 atom stereocenters. The number of benzene rings is 2. The Bertz CT molecular complexity index is 921. The zero-order valence-electron chi connectivity index (χ0n) is 13.7. The Morgan fingerprint density at radius 1 is 0.880 bits per heavy atom. The van der Waals surface area contributed by atoms with Crippen molar-refractivity contribution in [2.45, 2.75) is 12.8 Å². The Morgan fingerprint density at radius 2 is 1.68 bits per heavy atom. The summed E-state index contributed by atoms with van der Waals surface area (Å²) in [6.07, 6.45) is 1.68. The van der Waals surface area contributed by atoms with Crippen molar-refractivity contribution >= 4 is 22.3 Å². The number of nitrogens with two attached hydrogens (primary N) is 2. The summed E-state index contributed by atoms with van der Waals surface area (Å²) >= 11 is 0. The van der Waals surface area contributed by atoms with Gasteiger partial charge in [0.1, 0.15) is 17.1 Å². The maximum Gasteiger partial charge on any atom is 0.336 e. The molecule has 3 aromatic rings. The summed E-state index contributed by atoms with van der Waals surface area (Å²) < 4.78 is 16.4. The summed E-state index contributed by atoms with van der Waals surface area (Å²) in [5, 5.41) is 0.833. The molecule has 2 aromatic carbocycles. The lowest BCUT2D eigenvalue weighted by Crippen LogP contribution is -2.04. The van der Waals surface area contributed by atoms with Crippen LogP contribution in [0.4, 0.5) is 11.4 Å². The van der Waals surface area contributed by atoms with Gasteiger partial charge in [0.15, 0.2) is 0 Å². The fraction of sp³-hybridized carbons (Fsp3) is 0.211. The van der Waals surface area contributed by atoms with Gasteiger partial charge in [0.25, 0.3) is 0 Å². The van der Waals surface area contributed by atoms with Crippen molar-refractivity contribution in [2.75, 3.05) is 24.7 Å². The first kappa shape index (κ1) is 16.7. The Hall–Kier alpha value is -3.15. The number of hydrogen-bond acceptors (Lipinski definition) is 6. The number of unbranched alkanes of at least 4 members (excludes halogenated alkanes) is 1. The second-order valence-corrected chi connectivity index (χ2v) is 5.66. The van der Waals surface area contributed by atoms with Crippen LogP contribution in [0.5, 0.6) is 11.5 Å². The molecule has 0 saturated carbocycles. The van der Waals surface area contributed by atoms with Gasteiger partial charge in [-0.15, -0.1) is 0 Å². The van der Waals surface area contributed by atoms with Crippen LogP contribution in [-0.2, 0) is 0 Å². The van der Waals surface area contributed by atoms with E-state index in [9.17, 15) is 4.79 Å². The zero-order chi connectivity index (χ0) is 17.6. The predicted molar refractivity (Wildman–Crippen MR) is 98.0 cm³/mol. The summed E-state index contributed by atoms with van der Waals surface area (Å²) in [5.74, 6) is 1.39. The minimum atomic E-state index is -0.358. The minimum Gasteiger partial charge on any atom is -0.494 e. The van der Waals surface area contributed by atoms with Gasteiger partial charge in [-0.05, 0) is 55.3 Å². The van der Waals surface area contributed by atoms with E-state index in [4.69, 9.17) is 25.4 Å². The molecule has 3 rings (SSSR count). The van der Waals surface area contributed by atoms with E-state index >= 15 is 0 Å². The number of fused-ring (bicyclic) bond motifs is 1. The quantitative estimate of drug-likeness (QED) is 0.389. The molecule has 0 amide bonds. The van der Waals surface area contributed by atoms with Crippen molar-refractivity contribution in [1.82, 2.24) is 0 Å². The fourth-order valence-corrected chi connectivity index (χ4v) is 2.41. The molecule has 0 fully saturated rings. The third-order valence-electron chi connectivity index (χ3n) is 3.69. The van der Waals surface area contributed by atoms with Crippen molar-refractivity contribution in [2.24, 2.45) is 0 Å². The molecule has 0 spiro atoms. The van der Waals surface area contributed by atoms with E-state index < -0.39 is 0 Å². The van der Waals surface area contributed by atoms with E-state index in [1.54, 1.807) is 36.4 Å². The maximum absolute atomic E-state index is 11.2. The highest BCUT2D eigenvalue weighted by Crippen LogP contribution is 2.24. The van der Waals surface area contributed by atoms with E-state index in [-0.39, 0.29) is 5.63 Å². The van der Waals surface area contributed by atoms with Crippen LogP contribution in [0.15, 0.2) is 57.7 Å². The molecule has 130 valence electrons. The van der Waals surface area contributed by atoms with Gasteiger partial charge in [0.2, 0.25) is 0 Å². The molecule has 25 heavy (non-hydrogen) atoms. The van der Waals surface area contributed by atoms with Crippen LogP contribution in [0.3, 0.4) is 0 Å². The molecular weight excluding hydrogens is 320 g/mol. The molecule has 6 heteroatoms. The standard InChI is InChI=1S/C19H20N2O4/c20-14-4-6-18(16(21)12-14)24-10-2-1-9-23-15-5-7-17-13(11-15)3-8-19(22)25-17/h3-8,11-12H,1-2,9-10,20-21H2. The Balaban J connectivity index is 1.42. The topological polar surface area (TPSA) is 101 Å². The zero-order valence-corrected chi connectivity index (χ0v) is 13.7. The smallest absolute Gasteiger partial charge is 0.336 e. The van der Waals surface area contributed by atoms with Crippen LogP contribution in [-0.4, -0.2) is 13.2 Å². The molecular formula is C19H20N2O4. The Kier molecular flexibility index (Phi) is 5.09. The van der Waals surface area contributed by atoms with Gasteiger partial charge in [-0.1, -0.05) is 0 Å². The van der Waals surface area contributed by atoms with E-state index in [1.165, 1.54) is 6.07 Å². The summed E-state index contributed by atoms with van der Waals surface area (Å²) in [4.78, 5) is 11.2. The molecule has 1 heterocycles. The number of nitrogen functional groups attached to an aromatic ring is 2. The Labute approximate surface area is 145 Å². The van der Waals surface area contributed by atoms with Gasteiger partial charge in [-0.2, -0.15) is 0 Å². The van der Waals surface area contributed by atoms with Gasteiger partial charge < -0.3 is 25.4 Å². The van der Waals surface area contributed by atoms with Gasteiger partial charge in [0, 0.05) is 17.1 Å². The lowest BCUT2D eigenvalue weighted by atomic mass is 10.2. The number of hydrogen-bond donors (Lipinski definition) is 2. The van der Waals surface area contributed by atoms with Crippen LogP contribution < -0.4 is 26.6 Å². The van der Waals surface area contributed by atoms with E-state index in [0.717, 1.165) is 24.0 Å². The average molecular weight is 340 g/mol. The minimum absolute atomic E-state index is 0.358. The van der Waals surface area contributed by atoms with Crippen LogP contribution in [0.25, 0.3) is 11.0 Å². The second kappa shape index (κ2) is 7.61. The first-order valence-corrected chi connectivity index (χ1v) is 8.06. The first-order chi connectivity index (χ1) is 12.1. The van der Waals surface area contributed by atoms with E-state index in [0.29, 0.717) is 35.9 Å². The van der Waals surface area contributed by atoms with Crippen LogP contribution in [0.2, 0.25) is 0 Å². The monoisotopic (exact) mass is 340 g/mol. The highest BCUT2D eigenvalue weighted by atomic mass is 16.5. The third kappa shape index (κ3) is 4.44. The SMILES string of the molecule is Nc1ccc(OCCCCOc2ccc3oc(=O)ccc3c2)c(N)c1. The largest absolute Gasteiger partial charge is 0.494 e. The van der Waals surface area contributed by atoms with Crippen molar-refractivity contribution in [1.29, 1.82) is 0 Å². The number of rotatable bonds is 7. The van der Waals surface area contributed by atoms with Crippen molar-refractivity contribution < 1.29 is 13.9 Å². The lowest BCUT2D eigenvalue weighted by molar-refractivity contribution is 0.267. The van der Waals surface area contributed by atoms with E-state index in [2.05, 4.69) is 0 Å². The van der Waals surface area contributed by atoms with Gasteiger partial charge in [-0.3, -0.25) is 0 Å². The normalized spacial score (nSPS) is 10.7. The summed E-state index contributed by atoms with van der Waals surface area (Å²) in [5.41, 5.74) is 12.8. The molecule has 1 aromatic heterocycles. The highest BCUT2D eigenvalue weighted by Gasteiger charge is 2.02. The summed E-state index contributed by atoms with van der Waals surface area (Å²) in [6, 6.07) is 13.7. The van der Waals surface area contributed by atoms with Gasteiger partial charge in [0.05, 0.1) is 18.9 Å². The first-order valence-electron chi connectivity index (χ1n) is 8.06.